The standard InChI is InChI=1S/C41H74O6/c1-3-5-7-8-9-10-11-12-13-14-15-16-17-20-23-26-30-34-40(44)46-36-39(43)37-47-41(45)35-31-27-24-21-18-19-22-25-29-33-38(42)32-28-6-4-2/h22,25,29,33,39,43H,3-21,23-24,26-28,30-32,34-37H2,1-2H3/b25-22-,33-29+/t39-/m1/s1. The Labute approximate surface area is 289 Å². The fourth-order valence-electron chi connectivity index (χ4n) is 5.60. The molecule has 0 unspecified atom stereocenters. The van der Waals surface area contributed by atoms with E-state index in [1.54, 1.807) is 6.08 Å². The Balaban J connectivity index is 3.47. The second kappa shape index (κ2) is 36.9. The molecule has 0 aromatic rings. The maximum absolute atomic E-state index is 12.0. The second-order valence-corrected chi connectivity index (χ2v) is 13.4. The van der Waals surface area contributed by atoms with Gasteiger partial charge in [0.1, 0.15) is 19.3 Å². The fourth-order valence-corrected chi connectivity index (χ4v) is 5.60. The van der Waals surface area contributed by atoms with E-state index in [1.807, 2.05) is 12.2 Å². The zero-order valence-corrected chi connectivity index (χ0v) is 30.8. The molecule has 0 spiro atoms. The van der Waals surface area contributed by atoms with Crippen LogP contribution in [0.15, 0.2) is 24.3 Å². The molecule has 47 heavy (non-hydrogen) atoms. The lowest BCUT2D eigenvalue weighted by molar-refractivity contribution is -0.152. The third-order valence-electron chi connectivity index (χ3n) is 8.67. The lowest BCUT2D eigenvalue weighted by atomic mass is 10.0. The SMILES string of the molecule is CCCCCCCCCCCCCCCCCCCC(=O)OC[C@@H](O)COC(=O)CCCCCCC/C=C\C=C\C(=O)CCCCC. The first-order valence-electron chi connectivity index (χ1n) is 19.8. The van der Waals surface area contributed by atoms with Crippen molar-refractivity contribution >= 4 is 17.7 Å². The normalized spacial score (nSPS) is 12.2. The average Bonchev–Trinajstić information content (AvgIpc) is 3.06. The summed E-state index contributed by atoms with van der Waals surface area (Å²) in [7, 11) is 0. The van der Waals surface area contributed by atoms with Crippen molar-refractivity contribution in [2.24, 2.45) is 0 Å². The number of esters is 2. The first kappa shape index (κ1) is 45.0. The summed E-state index contributed by atoms with van der Waals surface area (Å²) in [5.74, 6) is -0.417. The first-order chi connectivity index (χ1) is 23.0. The number of unbranched alkanes of at least 4 members (excludes halogenated alkanes) is 23. The molecule has 0 saturated heterocycles. The van der Waals surface area contributed by atoms with Gasteiger partial charge >= 0.3 is 11.9 Å². The van der Waals surface area contributed by atoms with Gasteiger partial charge in [0.05, 0.1) is 0 Å². The summed E-state index contributed by atoms with van der Waals surface area (Å²) < 4.78 is 10.3. The van der Waals surface area contributed by atoms with Gasteiger partial charge in [-0.25, -0.2) is 0 Å². The Morgan fingerprint density at radius 1 is 0.489 bits per heavy atom. The van der Waals surface area contributed by atoms with Crippen molar-refractivity contribution < 1.29 is 29.0 Å². The highest BCUT2D eigenvalue weighted by Crippen LogP contribution is 2.15. The van der Waals surface area contributed by atoms with Gasteiger partial charge in [-0.15, -0.1) is 0 Å². The number of carbonyl (C=O) groups excluding carboxylic acids is 3. The molecule has 0 aromatic carbocycles. The van der Waals surface area contributed by atoms with Crippen LogP contribution >= 0.6 is 0 Å². The minimum Gasteiger partial charge on any atom is -0.463 e. The molecule has 1 atom stereocenters. The summed E-state index contributed by atoms with van der Waals surface area (Å²) in [5.41, 5.74) is 0. The summed E-state index contributed by atoms with van der Waals surface area (Å²) in [6.45, 7) is 4.13. The molecule has 0 bridgehead atoms. The van der Waals surface area contributed by atoms with Gasteiger partial charge < -0.3 is 14.6 Å². The van der Waals surface area contributed by atoms with Crippen molar-refractivity contribution in [1.82, 2.24) is 0 Å². The van der Waals surface area contributed by atoms with Crippen LogP contribution < -0.4 is 0 Å². The molecule has 6 heteroatoms. The summed E-state index contributed by atoms with van der Waals surface area (Å²) in [6, 6.07) is 0. The van der Waals surface area contributed by atoms with E-state index >= 15 is 0 Å². The van der Waals surface area contributed by atoms with Gasteiger partial charge in [-0.3, -0.25) is 14.4 Å². The van der Waals surface area contributed by atoms with E-state index in [4.69, 9.17) is 9.47 Å². The van der Waals surface area contributed by atoms with Crippen molar-refractivity contribution in [2.45, 2.75) is 206 Å². The molecule has 0 amide bonds. The summed E-state index contributed by atoms with van der Waals surface area (Å²) >= 11 is 0. The highest BCUT2D eigenvalue weighted by atomic mass is 16.6. The van der Waals surface area contributed by atoms with Crippen LogP contribution in [0.25, 0.3) is 0 Å². The fraction of sp³-hybridized carbons (Fsp3) is 0.829. The third kappa shape index (κ3) is 36.7. The van der Waals surface area contributed by atoms with Gasteiger partial charge in [-0.1, -0.05) is 167 Å². The molecule has 0 aliphatic rings. The number of rotatable bonds is 36. The highest BCUT2D eigenvalue weighted by molar-refractivity contribution is 5.89. The minimum atomic E-state index is -0.986. The molecule has 0 fully saturated rings. The second-order valence-electron chi connectivity index (χ2n) is 13.4. The van der Waals surface area contributed by atoms with Crippen molar-refractivity contribution in [2.75, 3.05) is 13.2 Å². The molecule has 1 N–H and O–H groups in total. The maximum atomic E-state index is 12.0. The van der Waals surface area contributed by atoms with E-state index in [1.165, 1.54) is 89.9 Å². The van der Waals surface area contributed by atoms with Crippen molar-refractivity contribution in [3.05, 3.63) is 24.3 Å². The van der Waals surface area contributed by atoms with Crippen LogP contribution in [-0.2, 0) is 23.9 Å². The molecule has 0 heterocycles. The molecule has 0 rings (SSSR count). The van der Waals surface area contributed by atoms with Crippen LogP contribution in [0.2, 0.25) is 0 Å². The number of carbonyl (C=O) groups is 3. The van der Waals surface area contributed by atoms with Gasteiger partial charge in [0, 0.05) is 19.3 Å². The summed E-state index contributed by atoms with van der Waals surface area (Å²) in [6.07, 6.45) is 39.2. The van der Waals surface area contributed by atoms with E-state index in [0.29, 0.717) is 19.3 Å². The summed E-state index contributed by atoms with van der Waals surface area (Å²) in [5, 5.41) is 10.0. The predicted molar refractivity (Wildman–Crippen MR) is 196 cm³/mol. The number of hydrogen-bond acceptors (Lipinski definition) is 6. The Morgan fingerprint density at radius 3 is 1.30 bits per heavy atom. The van der Waals surface area contributed by atoms with Crippen LogP contribution in [0, 0.1) is 0 Å². The molecule has 6 nitrogen and oxygen atoms in total. The minimum absolute atomic E-state index is 0.134. The van der Waals surface area contributed by atoms with Crippen LogP contribution in [0.1, 0.15) is 200 Å². The molecular formula is C41H74O6. The van der Waals surface area contributed by atoms with Crippen LogP contribution in [0.3, 0.4) is 0 Å². The van der Waals surface area contributed by atoms with E-state index in [0.717, 1.165) is 77.0 Å². The smallest absolute Gasteiger partial charge is 0.305 e. The monoisotopic (exact) mass is 663 g/mol. The summed E-state index contributed by atoms with van der Waals surface area (Å²) in [4.78, 5) is 35.6. The van der Waals surface area contributed by atoms with Gasteiger partial charge in [0.2, 0.25) is 0 Å². The molecule has 0 aromatic heterocycles. The number of aliphatic hydroxyl groups excluding tert-OH is 1. The largest absolute Gasteiger partial charge is 0.463 e. The van der Waals surface area contributed by atoms with E-state index in [9.17, 15) is 19.5 Å². The van der Waals surface area contributed by atoms with Crippen LogP contribution in [-0.4, -0.2) is 42.1 Å². The highest BCUT2D eigenvalue weighted by Gasteiger charge is 2.12. The number of aliphatic hydroxyl groups is 1. The average molecular weight is 663 g/mol. The third-order valence-corrected chi connectivity index (χ3v) is 8.67. The molecule has 0 aliphatic carbocycles. The zero-order valence-electron chi connectivity index (χ0n) is 30.8. The Kier molecular flexibility index (Phi) is 35.3. The molecular weight excluding hydrogens is 588 g/mol. The van der Waals surface area contributed by atoms with E-state index in [-0.39, 0.29) is 30.9 Å². The lowest BCUT2D eigenvalue weighted by Gasteiger charge is -2.12. The van der Waals surface area contributed by atoms with Gasteiger partial charge in [0.15, 0.2) is 5.78 Å². The van der Waals surface area contributed by atoms with Gasteiger partial charge in [-0.2, -0.15) is 0 Å². The van der Waals surface area contributed by atoms with Crippen LogP contribution in [0.4, 0.5) is 0 Å². The Bertz CT molecular complexity index is 774. The van der Waals surface area contributed by atoms with Gasteiger partial charge in [-0.05, 0) is 38.2 Å². The van der Waals surface area contributed by atoms with Gasteiger partial charge in [0.25, 0.3) is 0 Å². The quantitative estimate of drug-likeness (QED) is 0.0311. The first-order valence-corrected chi connectivity index (χ1v) is 19.8. The Morgan fingerprint density at radius 2 is 0.851 bits per heavy atom. The van der Waals surface area contributed by atoms with Crippen molar-refractivity contribution in [3.63, 3.8) is 0 Å². The maximum Gasteiger partial charge on any atom is 0.305 e. The number of allylic oxidation sites excluding steroid dienone is 4. The molecule has 0 radical (unpaired) electrons. The topological polar surface area (TPSA) is 89.9 Å². The zero-order chi connectivity index (χ0) is 34.5. The molecule has 0 aliphatic heterocycles. The Hall–Kier alpha value is -1.95. The number of ketones is 1. The molecule has 0 saturated carbocycles. The van der Waals surface area contributed by atoms with Crippen molar-refractivity contribution in [3.8, 4) is 0 Å². The number of ether oxygens (including phenoxy) is 2. The lowest BCUT2D eigenvalue weighted by Crippen LogP contribution is -2.25. The molecule has 274 valence electrons. The van der Waals surface area contributed by atoms with E-state index in [2.05, 4.69) is 19.9 Å². The van der Waals surface area contributed by atoms with Crippen molar-refractivity contribution in [1.29, 1.82) is 0 Å². The predicted octanol–water partition coefficient (Wildman–Crippen LogP) is 11.5. The van der Waals surface area contributed by atoms with Crippen LogP contribution in [0.5, 0.6) is 0 Å². The van der Waals surface area contributed by atoms with E-state index < -0.39 is 6.10 Å². The number of hydrogen-bond donors (Lipinski definition) is 1.